The fraction of sp³-hybridized carbons (Fsp3) is 0.833. The van der Waals surface area contributed by atoms with Crippen molar-refractivity contribution in [3.8, 4) is 0 Å². The average Bonchev–Trinajstić information content (AvgIpc) is 2.66. The molecule has 18 heavy (non-hydrogen) atoms. The van der Waals surface area contributed by atoms with Gasteiger partial charge in [0.2, 0.25) is 0 Å². The van der Waals surface area contributed by atoms with E-state index in [1.165, 1.54) is 0 Å². The molecule has 0 saturated carbocycles. The normalized spacial score (nSPS) is 14.2. The monoisotopic (exact) mass is 317 g/mol. The predicted molar refractivity (Wildman–Crippen MR) is 77.5 cm³/mol. The number of rotatable bonds is 6. The average molecular weight is 318 g/mol. The fourth-order valence-corrected chi connectivity index (χ4v) is 3.41. The molecule has 0 aliphatic carbocycles. The molecule has 1 aromatic heterocycles. The summed E-state index contributed by atoms with van der Waals surface area (Å²) in [5.41, 5.74) is 1.14. The molecular formula is C12H24BrN5. The molecular weight excluding hydrogens is 294 g/mol. The Hall–Kier alpha value is -0.460. The van der Waals surface area contributed by atoms with Crippen LogP contribution in [0.3, 0.4) is 0 Å². The summed E-state index contributed by atoms with van der Waals surface area (Å²) < 4.78 is 2.66. The van der Waals surface area contributed by atoms with Crippen LogP contribution in [0.1, 0.15) is 38.4 Å². The predicted octanol–water partition coefficient (Wildman–Crippen LogP) is 1.96. The van der Waals surface area contributed by atoms with Gasteiger partial charge in [0, 0.05) is 12.6 Å². The minimum Gasteiger partial charge on any atom is -0.310 e. The van der Waals surface area contributed by atoms with Gasteiger partial charge < -0.3 is 10.2 Å². The van der Waals surface area contributed by atoms with E-state index in [0.717, 1.165) is 23.1 Å². The Labute approximate surface area is 118 Å². The summed E-state index contributed by atoms with van der Waals surface area (Å²) >= 11 is 3.51. The zero-order valence-corrected chi connectivity index (χ0v) is 13.7. The third-order valence-electron chi connectivity index (χ3n) is 4.04. The highest BCUT2D eigenvalue weighted by Gasteiger charge is 2.40. The Kier molecular flexibility index (Phi) is 5.31. The maximum absolute atomic E-state index is 4.10. The lowest BCUT2D eigenvalue weighted by Gasteiger charge is -2.45. The second-order valence-corrected chi connectivity index (χ2v) is 5.57. The van der Waals surface area contributed by atoms with Crippen LogP contribution >= 0.6 is 15.9 Å². The standard InChI is InChI=1S/C12H24BrN5/c1-7-12(8-2,17(4)5)10(14-3)9-11(13)15-16-18(9)6/h10,14H,7-8H2,1-6H3. The van der Waals surface area contributed by atoms with E-state index in [4.69, 9.17) is 0 Å². The highest BCUT2D eigenvalue weighted by atomic mass is 79.9. The zero-order chi connectivity index (χ0) is 13.9. The molecule has 0 spiro atoms. The molecule has 1 atom stereocenters. The van der Waals surface area contributed by atoms with E-state index in [1.807, 2.05) is 18.8 Å². The van der Waals surface area contributed by atoms with Crippen molar-refractivity contribution >= 4 is 15.9 Å². The molecule has 0 aliphatic heterocycles. The van der Waals surface area contributed by atoms with Crippen LogP contribution in [-0.2, 0) is 7.05 Å². The minimum atomic E-state index is 0.0484. The van der Waals surface area contributed by atoms with E-state index in [2.05, 4.69) is 64.4 Å². The topological polar surface area (TPSA) is 46.0 Å². The summed E-state index contributed by atoms with van der Waals surface area (Å²) in [4.78, 5) is 2.30. The van der Waals surface area contributed by atoms with E-state index in [0.29, 0.717) is 0 Å². The summed E-state index contributed by atoms with van der Waals surface area (Å²) in [6, 6.07) is 0.178. The zero-order valence-electron chi connectivity index (χ0n) is 12.2. The summed E-state index contributed by atoms with van der Waals surface area (Å²) in [5.74, 6) is 0. The smallest absolute Gasteiger partial charge is 0.153 e. The van der Waals surface area contributed by atoms with Crippen molar-refractivity contribution in [3.63, 3.8) is 0 Å². The molecule has 1 unspecified atom stereocenters. The lowest BCUT2D eigenvalue weighted by atomic mass is 9.81. The molecule has 0 aliphatic rings. The first-order valence-corrected chi connectivity index (χ1v) is 7.13. The number of nitrogens with one attached hydrogen (secondary N) is 1. The van der Waals surface area contributed by atoms with Crippen LogP contribution in [0.15, 0.2) is 4.60 Å². The van der Waals surface area contributed by atoms with Crippen molar-refractivity contribution in [1.82, 2.24) is 25.2 Å². The number of halogens is 1. The van der Waals surface area contributed by atoms with Crippen LogP contribution in [0.4, 0.5) is 0 Å². The van der Waals surface area contributed by atoms with Gasteiger partial charge in [-0.15, -0.1) is 5.10 Å². The Bertz CT molecular complexity index is 364. The van der Waals surface area contributed by atoms with Crippen LogP contribution < -0.4 is 5.32 Å². The van der Waals surface area contributed by atoms with Gasteiger partial charge in [-0.2, -0.15) is 0 Å². The van der Waals surface area contributed by atoms with E-state index in [-0.39, 0.29) is 11.6 Å². The van der Waals surface area contributed by atoms with Crippen LogP contribution in [0.5, 0.6) is 0 Å². The van der Waals surface area contributed by atoms with Gasteiger partial charge in [-0.05, 0) is 49.9 Å². The molecule has 104 valence electrons. The van der Waals surface area contributed by atoms with Gasteiger partial charge in [-0.25, -0.2) is 4.68 Å². The van der Waals surface area contributed by atoms with Crippen molar-refractivity contribution in [1.29, 1.82) is 0 Å². The lowest BCUT2D eigenvalue weighted by Crippen LogP contribution is -2.53. The highest BCUT2D eigenvalue weighted by molar-refractivity contribution is 9.10. The molecule has 6 heteroatoms. The number of hydrogen-bond acceptors (Lipinski definition) is 4. The molecule has 0 bridgehead atoms. The third kappa shape index (κ3) is 2.46. The van der Waals surface area contributed by atoms with Crippen molar-refractivity contribution in [3.05, 3.63) is 10.3 Å². The Balaban J connectivity index is 3.31. The van der Waals surface area contributed by atoms with Gasteiger partial charge in [-0.3, -0.25) is 0 Å². The molecule has 0 aromatic carbocycles. The molecule has 0 saturated heterocycles. The second-order valence-electron chi connectivity index (χ2n) is 4.82. The minimum absolute atomic E-state index is 0.0484. The highest BCUT2D eigenvalue weighted by Crippen LogP contribution is 2.37. The molecule has 0 amide bonds. The van der Waals surface area contributed by atoms with Crippen LogP contribution in [0.2, 0.25) is 0 Å². The maximum atomic E-state index is 4.10. The number of hydrogen-bond donors (Lipinski definition) is 1. The summed E-state index contributed by atoms with van der Waals surface area (Å²) in [6.45, 7) is 4.46. The quantitative estimate of drug-likeness (QED) is 0.871. The van der Waals surface area contributed by atoms with Crippen molar-refractivity contribution < 1.29 is 0 Å². The van der Waals surface area contributed by atoms with E-state index in [1.54, 1.807) is 0 Å². The van der Waals surface area contributed by atoms with Gasteiger partial charge in [0.1, 0.15) is 0 Å². The van der Waals surface area contributed by atoms with E-state index >= 15 is 0 Å². The Morgan fingerprint density at radius 3 is 2.22 bits per heavy atom. The van der Waals surface area contributed by atoms with Gasteiger partial charge in [-0.1, -0.05) is 19.1 Å². The van der Waals surface area contributed by atoms with E-state index < -0.39 is 0 Å². The van der Waals surface area contributed by atoms with Crippen LogP contribution in [0.25, 0.3) is 0 Å². The number of aromatic nitrogens is 3. The summed E-state index contributed by atoms with van der Waals surface area (Å²) in [7, 11) is 8.20. The van der Waals surface area contributed by atoms with Crippen LogP contribution in [-0.4, -0.2) is 46.6 Å². The molecule has 1 N–H and O–H groups in total. The third-order valence-corrected chi connectivity index (χ3v) is 4.61. The Morgan fingerprint density at radius 1 is 1.39 bits per heavy atom. The molecule has 5 nitrogen and oxygen atoms in total. The first-order chi connectivity index (χ1) is 8.44. The SMILES string of the molecule is CCC(CC)(C(NC)c1c(Br)nnn1C)N(C)C. The number of aryl methyl sites for hydroxylation is 1. The van der Waals surface area contributed by atoms with Crippen LogP contribution in [0, 0.1) is 0 Å². The molecule has 0 fully saturated rings. The number of nitrogens with zero attached hydrogens (tertiary/aromatic N) is 4. The molecule has 1 heterocycles. The first kappa shape index (κ1) is 15.6. The Morgan fingerprint density at radius 2 is 1.94 bits per heavy atom. The molecule has 1 aromatic rings. The van der Waals surface area contributed by atoms with Gasteiger partial charge in [0.25, 0.3) is 0 Å². The maximum Gasteiger partial charge on any atom is 0.153 e. The van der Waals surface area contributed by atoms with Crippen molar-refractivity contribution in [2.45, 2.75) is 38.3 Å². The summed E-state index contributed by atoms with van der Waals surface area (Å²) in [6.07, 6.45) is 2.11. The lowest BCUT2D eigenvalue weighted by molar-refractivity contribution is 0.0878. The largest absolute Gasteiger partial charge is 0.310 e. The summed E-state index contributed by atoms with van der Waals surface area (Å²) in [5, 5.41) is 11.6. The van der Waals surface area contributed by atoms with Gasteiger partial charge in [0.15, 0.2) is 4.60 Å². The molecule has 1 rings (SSSR count). The first-order valence-electron chi connectivity index (χ1n) is 6.34. The van der Waals surface area contributed by atoms with Crippen molar-refractivity contribution in [2.24, 2.45) is 7.05 Å². The van der Waals surface area contributed by atoms with Gasteiger partial charge >= 0.3 is 0 Å². The van der Waals surface area contributed by atoms with Gasteiger partial charge in [0.05, 0.1) is 11.7 Å². The van der Waals surface area contributed by atoms with E-state index in [9.17, 15) is 0 Å². The second kappa shape index (κ2) is 6.12. The number of likely N-dealkylation sites (N-methyl/N-ethyl adjacent to an activating group) is 2. The van der Waals surface area contributed by atoms with Crippen molar-refractivity contribution in [2.75, 3.05) is 21.1 Å². The molecule has 0 radical (unpaired) electrons. The fourth-order valence-electron chi connectivity index (χ4n) is 2.85.